The summed E-state index contributed by atoms with van der Waals surface area (Å²) in [5.41, 5.74) is 2.42. The summed E-state index contributed by atoms with van der Waals surface area (Å²) in [6.07, 6.45) is 3.76. The molecular formula is C24H25ClN2O4. The Hall–Kier alpha value is -2.83. The van der Waals surface area contributed by atoms with E-state index in [1.54, 1.807) is 19.2 Å². The number of aromatic nitrogens is 1. The van der Waals surface area contributed by atoms with Gasteiger partial charge in [0.1, 0.15) is 12.0 Å². The molecular weight excluding hydrogens is 416 g/mol. The fourth-order valence-electron chi connectivity index (χ4n) is 3.66. The van der Waals surface area contributed by atoms with Crippen LogP contribution in [0.1, 0.15) is 24.1 Å². The zero-order chi connectivity index (χ0) is 21.6. The van der Waals surface area contributed by atoms with Crippen molar-refractivity contribution < 1.29 is 18.7 Å². The summed E-state index contributed by atoms with van der Waals surface area (Å²) >= 11 is 5.94. The van der Waals surface area contributed by atoms with Crippen LogP contribution in [0.15, 0.2) is 59.2 Å². The average molecular weight is 441 g/mol. The van der Waals surface area contributed by atoms with Gasteiger partial charge in [0, 0.05) is 30.3 Å². The van der Waals surface area contributed by atoms with Crippen LogP contribution < -0.4 is 4.74 Å². The molecule has 0 N–H and O–H groups in total. The largest absolute Gasteiger partial charge is 0.497 e. The summed E-state index contributed by atoms with van der Waals surface area (Å²) in [6, 6.07) is 15.0. The van der Waals surface area contributed by atoms with Gasteiger partial charge in [-0.2, -0.15) is 0 Å². The van der Waals surface area contributed by atoms with Gasteiger partial charge in [-0.25, -0.2) is 4.98 Å². The summed E-state index contributed by atoms with van der Waals surface area (Å²) in [4.78, 5) is 19.5. The minimum Gasteiger partial charge on any atom is -0.497 e. The molecule has 4 rings (SSSR count). The minimum atomic E-state index is -0.0192. The van der Waals surface area contributed by atoms with E-state index >= 15 is 0 Å². The molecule has 0 saturated carbocycles. The van der Waals surface area contributed by atoms with Gasteiger partial charge in [-0.1, -0.05) is 23.7 Å². The molecule has 1 aliphatic rings. The maximum atomic E-state index is 13.2. The molecule has 6 nitrogen and oxygen atoms in total. The second kappa shape index (κ2) is 9.98. The zero-order valence-electron chi connectivity index (χ0n) is 17.4. The van der Waals surface area contributed by atoms with Crippen LogP contribution in [0.3, 0.4) is 0 Å². The Morgan fingerprint density at radius 2 is 2.10 bits per heavy atom. The van der Waals surface area contributed by atoms with Crippen molar-refractivity contribution in [2.24, 2.45) is 0 Å². The van der Waals surface area contributed by atoms with Crippen LogP contribution in [0.5, 0.6) is 5.75 Å². The molecule has 162 valence electrons. The molecule has 31 heavy (non-hydrogen) atoms. The van der Waals surface area contributed by atoms with Gasteiger partial charge < -0.3 is 18.8 Å². The Labute approximate surface area is 186 Å². The van der Waals surface area contributed by atoms with Crippen LogP contribution in [0, 0.1) is 0 Å². The molecule has 1 aliphatic heterocycles. The van der Waals surface area contributed by atoms with Crippen LogP contribution in [0.2, 0.25) is 5.02 Å². The van der Waals surface area contributed by atoms with E-state index in [1.807, 2.05) is 41.3 Å². The number of amides is 1. The Morgan fingerprint density at radius 1 is 1.26 bits per heavy atom. The van der Waals surface area contributed by atoms with E-state index in [9.17, 15) is 4.79 Å². The summed E-state index contributed by atoms with van der Waals surface area (Å²) in [5.74, 6) is 1.22. The first-order valence-corrected chi connectivity index (χ1v) is 10.7. The van der Waals surface area contributed by atoms with Crippen LogP contribution in [-0.2, 0) is 22.5 Å². The van der Waals surface area contributed by atoms with Gasteiger partial charge in [0.25, 0.3) is 0 Å². The first-order valence-electron chi connectivity index (χ1n) is 10.3. The highest BCUT2D eigenvalue weighted by Crippen LogP contribution is 2.22. The first-order chi connectivity index (χ1) is 15.1. The SMILES string of the molecule is COc1cccc(CN(CC2CCCO2)C(=O)Cc2coc(-c3ccc(Cl)cc3)n2)c1. The Bertz CT molecular complexity index is 1010. The van der Waals surface area contributed by atoms with E-state index in [0.717, 1.165) is 36.3 Å². The number of rotatable bonds is 8. The quantitative estimate of drug-likeness (QED) is 0.505. The molecule has 1 saturated heterocycles. The molecule has 0 radical (unpaired) electrons. The number of carbonyl (C=O) groups is 1. The van der Waals surface area contributed by atoms with Crippen molar-refractivity contribution in [3.63, 3.8) is 0 Å². The third kappa shape index (κ3) is 5.66. The van der Waals surface area contributed by atoms with Crippen LogP contribution in [-0.4, -0.2) is 42.2 Å². The zero-order valence-corrected chi connectivity index (χ0v) is 18.2. The highest BCUT2D eigenvalue weighted by molar-refractivity contribution is 6.30. The fraction of sp³-hybridized carbons (Fsp3) is 0.333. The number of nitrogens with zero attached hydrogens (tertiary/aromatic N) is 2. The second-order valence-electron chi connectivity index (χ2n) is 7.59. The molecule has 0 spiro atoms. The molecule has 1 aromatic heterocycles. The molecule has 1 amide bonds. The molecule has 1 atom stereocenters. The third-order valence-electron chi connectivity index (χ3n) is 5.28. The maximum absolute atomic E-state index is 13.2. The van der Waals surface area contributed by atoms with Gasteiger partial charge in [-0.05, 0) is 54.8 Å². The number of oxazole rings is 1. The van der Waals surface area contributed by atoms with Crippen molar-refractivity contribution in [3.8, 4) is 17.2 Å². The Morgan fingerprint density at radius 3 is 2.84 bits per heavy atom. The van der Waals surface area contributed by atoms with Crippen molar-refractivity contribution in [3.05, 3.63) is 71.1 Å². The highest BCUT2D eigenvalue weighted by Gasteiger charge is 2.24. The van der Waals surface area contributed by atoms with Crippen molar-refractivity contribution in [2.75, 3.05) is 20.3 Å². The molecule has 1 unspecified atom stereocenters. The maximum Gasteiger partial charge on any atom is 0.229 e. The van der Waals surface area contributed by atoms with E-state index in [0.29, 0.717) is 29.7 Å². The first kappa shape index (κ1) is 21.4. The normalized spacial score (nSPS) is 15.7. The predicted molar refractivity (Wildman–Crippen MR) is 118 cm³/mol. The van der Waals surface area contributed by atoms with Crippen LogP contribution in [0.4, 0.5) is 0 Å². The van der Waals surface area contributed by atoms with E-state index in [-0.39, 0.29) is 18.4 Å². The van der Waals surface area contributed by atoms with E-state index in [4.69, 9.17) is 25.5 Å². The molecule has 2 heterocycles. The van der Waals surface area contributed by atoms with Gasteiger partial charge in [0.05, 0.1) is 25.3 Å². The standard InChI is InChI=1S/C24H25ClN2O4/c1-29-21-5-2-4-17(12-21)14-27(15-22-6-3-11-30-22)23(28)13-20-16-31-24(26-20)18-7-9-19(25)10-8-18/h2,4-5,7-10,12,16,22H,3,6,11,13-15H2,1H3. The van der Waals surface area contributed by atoms with E-state index in [2.05, 4.69) is 4.98 Å². The number of halogens is 1. The topological polar surface area (TPSA) is 64.8 Å². The van der Waals surface area contributed by atoms with Crippen LogP contribution in [0.25, 0.3) is 11.5 Å². The Balaban J connectivity index is 1.47. The summed E-state index contributed by atoms with van der Waals surface area (Å²) in [7, 11) is 1.64. The number of hydrogen-bond donors (Lipinski definition) is 0. The van der Waals surface area contributed by atoms with Gasteiger partial charge in [0.15, 0.2) is 0 Å². The minimum absolute atomic E-state index is 0.0192. The number of benzene rings is 2. The van der Waals surface area contributed by atoms with Gasteiger partial charge in [-0.3, -0.25) is 4.79 Å². The lowest BCUT2D eigenvalue weighted by Crippen LogP contribution is -2.37. The summed E-state index contributed by atoms with van der Waals surface area (Å²) in [6.45, 7) is 1.79. The van der Waals surface area contributed by atoms with E-state index in [1.165, 1.54) is 6.26 Å². The van der Waals surface area contributed by atoms with Gasteiger partial charge in [-0.15, -0.1) is 0 Å². The highest BCUT2D eigenvalue weighted by atomic mass is 35.5. The van der Waals surface area contributed by atoms with Crippen molar-refractivity contribution in [2.45, 2.75) is 31.9 Å². The van der Waals surface area contributed by atoms with Crippen molar-refractivity contribution >= 4 is 17.5 Å². The predicted octanol–water partition coefficient (Wildman–Crippen LogP) is 4.75. The van der Waals surface area contributed by atoms with E-state index < -0.39 is 0 Å². The number of carbonyl (C=O) groups excluding carboxylic acids is 1. The fourth-order valence-corrected chi connectivity index (χ4v) is 3.79. The lowest BCUT2D eigenvalue weighted by atomic mass is 10.1. The molecule has 0 aliphatic carbocycles. The number of hydrogen-bond acceptors (Lipinski definition) is 5. The lowest BCUT2D eigenvalue weighted by molar-refractivity contribution is -0.132. The molecule has 1 fully saturated rings. The van der Waals surface area contributed by atoms with Gasteiger partial charge >= 0.3 is 0 Å². The third-order valence-corrected chi connectivity index (χ3v) is 5.54. The number of ether oxygens (including phenoxy) is 2. The summed E-state index contributed by atoms with van der Waals surface area (Å²) < 4.78 is 16.7. The second-order valence-corrected chi connectivity index (χ2v) is 8.02. The smallest absolute Gasteiger partial charge is 0.229 e. The Kier molecular flexibility index (Phi) is 6.89. The van der Waals surface area contributed by atoms with Crippen molar-refractivity contribution in [1.82, 2.24) is 9.88 Å². The summed E-state index contributed by atoms with van der Waals surface area (Å²) in [5, 5.41) is 0.646. The van der Waals surface area contributed by atoms with Crippen LogP contribution >= 0.6 is 11.6 Å². The van der Waals surface area contributed by atoms with Gasteiger partial charge in [0.2, 0.25) is 11.8 Å². The van der Waals surface area contributed by atoms with Crippen molar-refractivity contribution in [1.29, 1.82) is 0 Å². The lowest BCUT2D eigenvalue weighted by Gasteiger charge is -2.25. The molecule has 7 heteroatoms. The molecule has 0 bridgehead atoms. The monoisotopic (exact) mass is 440 g/mol. The molecule has 2 aromatic carbocycles. The average Bonchev–Trinajstić information content (AvgIpc) is 3.46. The molecule has 3 aromatic rings. The number of methoxy groups -OCH3 is 1.